The fourth-order valence-corrected chi connectivity index (χ4v) is 2.26. The third-order valence-corrected chi connectivity index (χ3v) is 3.26. The summed E-state index contributed by atoms with van der Waals surface area (Å²) in [6.45, 7) is 1.94. The molecule has 0 unspecified atom stereocenters. The monoisotopic (exact) mass is 254 g/mol. The molecule has 0 radical (unpaired) electrons. The average molecular weight is 254 g/mol. The Morgan fingerprint density at radius 1 is 0.947 bits per heavy atom. The van der Waals surface area contributed by atoms with Crippen LogP contribution in [0.25, 0.3) is 0 Å². The molecule has 2 aromatic rings. The SMILES string of the molecule is CCCC(=O)C(O)(c1ccccc1)c1ccccc1. The molecule has 0 aromatic heterocycles. The molecule has 2 rings (SSSR count). The highest BCUT2D eigenvalue weighted by Crippen LogP contribution is 2.31. The zero-order valence-electron chi connectivity index (χ0n) is 11.0. The van der Waals surface area contributed by atoms with Gasteiger partial charge in [-0.05, 0) is 17.5 Å². The van der Waals surface area contributed by atoms with Crippen molar-refractivity contribution in [1.29, 1.82) is 0 Å². The van der Waals surface area contributed by atoms with Gasteiger partial charge in [-0.3, -0.25) is 4.79 Å². The Kier molecular flexibility index (Phi) is 4.13. The molecule has 0 aliphatic carbocycles. The van der Waals surface area contributed by atoms with Gasteiger partial charge in [0.1, 0.15) is 0 Å². The second kappa shape index (κ2) is 5.81. The number of hydrogen-bond donors (Lipinski definition) is 1. The zero-order valence-corrected chi connectivity index (χ0v) is 11.0. The first kappa shape index (κ1) is 13.5. The molecule has 2 heteroatoms. The van der Waals surface area contributed by atoms with Crippen molar-refractivity contribution in [3.05, 3.63) is 71.8 Å². The van der Waals surface area contributed by atoms with Crippen LogP contribution in [0, 0.1) is 0 Å². The third kappa shape index (κ3) is 2.59. The minimum absolute atomic E-state index is 0.160. The minimum Gasteiger partial charge on any atom is -0.373 e. The van der Waals surface area contributed by atoms with Crippen molar-refractivity contribution in [2.24, 2.45) is 0 Å². The standard InChI is InChI=1S/C17H18O2/c1-2-9-16(18)17(19,14-10-5-3-6-11-14)15-12-7-4-8-13-15/h3-8,10-13,19H,2,9H2,1H3. The van der Waals surface area contributed by atoms with Crippen LogP contribution in [0.15, 0.2) is 60.7 Å². The van der Waals surface area contributed by atoms with Gasteiger partial charge in [-0.15, -0.1) is 0 Å². The summed E-state index contributed by atoms with van der Waals surface area (Å²) in [6.07, 6.45) is 1.08. The number of ketones is 1. The number of Topliss-reactive ketones (excluding diaryl/α,β-unsaturated/α-hetero) is 1. The Labute approximate surface area is 113 Å². The van der Waals surface area contributed by atoms with Crippen LogP contribution >= 0.6 is 0 Å². The van der Waals surface area contributed by atoms with Crippen molar-refractivity contribution in [2.45, 2.75) is 25.4 Å². The summed E-state index contributed by atoms with van der Waals surface area (Å²) in [5, 5.41) is 11.0. The first-order valence-corrected chi connectivity index (χ1v) is 6.56. The third-order valence-electron chi connectivity index (χ3n) is 3.26. The van der Waals surface area contributed by atoms with E-state index in [0.717, 1.165) is 6.42 Å². The second-order valence-electron chi connectivity index (χ2n) is 4.62. The van der Waals surface area contributed by atoms with E-state index >= 15 is 0 Å². The molecule has 19 heavy (non-hydrogen) atoms. The lowest BCUT2D eigenvalue weighted by Gasteiger charge is -2.27. The molecule has 2 nitrogen and oxygen atoms in total. The van der Waals surface area contributed by atoms with Crippen LogP contribution in [0.1, 0.15) is 30.9 Å². The van der Waals surface area contributed by atoms with Crippen molar-refractivity contribution in [3.8, 4) is 0 Å². The van der Waals surface area contributed by atoms with Crippen molar-refractivity contribution in [3.63, 3.8) is 0 Å². The number of rotatable bonds is 5. The maximum atomic E-state index is 12.4. The fourth-order valence-electron chi connectivity index (χ4n) is 2.26. The minimum atomic E-state index is -1.54. The molecule has 0 spiro atoms. The summed E-state index contributed by atoms with van der Waals surface area (Å²) in [6, 6.07) is 18.3. The van der Waals surface area contributed by atoms with Gasteiger partial charge in [0.25, 0.3) is 0 Å². The summed E-state index contributed by atoms with van der Waals surface area (Å²) >= 11 is 0. The quantitative estimate of drug-likeness (QED) is 0.889. The Bertz CT molecular complexity index is 492. The van der Waals surface area contributed by atoms with Gasteiger partial charge < -0.3 is 5.11 Å². The van der Waals surface area contributed by atoms with Gasteiger partial charge in [-0.2, -0.15) is 0 Å². The van der Waals surface area contributed by atoms with Crippen LogP contribution < -0.4 is 0 Å². The lowest BCUT2D eigenvalue weighted by atomic mass is 9.81. The topological polar surface area (TPSA) is 37.3 Å². The van der Waals surface area contributed by atoms with E-state index in [0.29, 0.717) is 17.5 Å². The van der Waals surface area contributed by atoms with E-state index < -0.39 is 5.60 Å². The van der Waals surface area contributed by atoms with Gasteiger partial charge in [-0.25, -0.2) is 0 Å². The molecule has 0 fully saturated rings. The van der Waals surface area contributed by atoms with Gasteiger partial charge in [0.2, 0.25) is 0 Å². The zero-order chi connectivity index (χ0) is 13.7. The lowest BCUT2D eigenvalue weighted by Crippen LogP contribution is -2.36. The largest absolute Gasteiger partial charge is 0.373 e. The van der Waals surface area contributed by atoms with E-state index in [1.54, 1.807) is 24.3 Å². The summed E-state index contributed by atoms with van der Waals surface area (Å²) in [4.78, 5) is 12.4. The first-order chi connectivity index (χ1) is 9.19. The lowest BCUT2D eigenvalue weighted by molar-refractivity contribution is -0.134. The predicted molar refractivity (Wildman–Crippen MR) is 75.8 cm³/mol. The number of aliphatic hydroxyl groups is 1. The molecule has 0 saturated heterocycles. The number of hydrogen-bond acceptors (Lipinski definition) is 2. The average Bonchev–Trinajstić information content (AvgIpc) is 2.48. The highest BCUT2D eigenvalue weighted by atomic mass is 16.3. The molecule has 0 heterocycles. The molecule has 98 valence electrons. The number of carbonyl (C=O) groups excluding carboxylic acids is 1. The van der Waals surface area contributed by atoms with Crippen LogP contribution in [-0.2, 0) is 10.4 Å². The molecule has 0 bridgehead atoms. The Balaban J connectivity index is 2.54. The number of benzene rings is 2. The van der Waals surface area contributed by atoms with Gasteiger partial charge >= 0.3 is 0 Å². The van der Waals surface area contributed by atoms with E-state index in [2.05, 4.69) is 0 Å². The van der Waals surface area contributed by atoms with Crippen LogP contribution in [0.2, 0.25) is 0 Å². The van der Waals surface area contributed by atoms with Gasteiger partial charge in [0.15, 0.2) is 11.4 Å². The Morgan fingerprint density at radius 2 is 1.37 bits per heavy atom. The van der Waals surface area contributed by atoms with E-state index in [4.69, 9.17) is 0 Å². The summed E-state index contributed by atoms with van der Waals surface area (Å²) in [7, 11) is 0. The van der Waals surface area contributed by atoms with E-state index in [1.165, 1.54) is 0 Å². The number of carbonyl (C=O) groups is 1. The summed E-state index contributed by atoms with van der Waals surface area (Å²) in [5.41, 5.74) is -0.294. The van der Waals surface area contributed by atoms with Crippen LogP contribution in [0.5, 0.6) is 0 Å². The predicted octanol–water partition coefficient (Wildman–Crippen LogP) is 3.29. The highest BCUT2D eigenvalue weighted by Gasteiger charge is 2.38. The maximum absolute atomic E-state index is 12.4. The van der Waals surface area contributed by atoms with Crippen LogP contribution in [-0.4, -0.2) is 10.9 Å². The maximum Gasteiger partial charge on any atom is 0.173 e. The fraction of sp³-hybridized carbons (Fsp3) is 0.235. The first-order valence-electron chi connectivity index (χ1n) is 6.56. The van der Waals surface area contributed by atoms with Gasteiger partial charge in [0.05, 0.1) is 0 Å². The summed E-state index contributed by atoms with van der Waals surface area (Å²) < 4.78 is 0. The molecule has 0 aliphatic rings. The Hall–Kier alpha value is -1.93. The smallest absolute Gasteiger partial charge is 0.173 e. The van der Waals surface area contributed by atoms with Crippen molar-refractivity contribution in [2.75, 3.05) is 0 Å². The van der Waals surface area contributed by atoms with E-state index in [-0.39, 0.29) is 5.78 Å². The van der Waals surface area contributed by atoms with Crippen molar-refractivity contribution >= 4 is 5.78 Å². The molecule has 0 atom stereocenters. The molecule has 2 aromatic carbocycles. The van der Waals surface area contributed by atoms with Gasteiger partial charge in [0, 0.05) is 6.42 Å². The van der Waals surface area contributed by atoms with Crippen LogP contribution in [0.4, 0.5) is 0 Å². The van der Waals surface area contributed by atoms with Crippen molar-refractivity contribution < 1.29 is 9.90 Å². The second-order valence-corrected chi connectivity index (χ2v) is 4.62. The normalized spacial score (nSPS) is 11.3. The molecular weight excluding hydrogens is 236 g/mol. The Morgan fingerprint density at radius 3 is 1.74 bits per heavy atom. The molecule has 0 amide bonds. The molecule has 0 saturated carbocycles. The highest BCUT2D eigenvalue weighted by molar-refractivity contribution is 5.91. The van der Waals surface area contributed by atoms with E-state index in [9.17, 15) is 9.90 Å². The molecule has 0 aliphatic heterocycles. The molecule has 1 N–H and O–H groups in total. The van der Waals surface area contributed by atoms with Crippen molar-refractivity contribution in [1.82, 2.24) is 0 Å². The molecular formula is C17H18O2. The van der Waals surface area contributed by atoms with Crippen LogP contribution in [0.3, 0.4) is 0 Å². The van der Waals surface area contributed by atoms with Gasteiger partial charge in [-0.1, -0.05) is 67.6 Å². The summed E-state index contributed by atoms with van der Waals surface area (Å²) in [5.74, 6) is -0.160. The van der Waals surface area contributed by atoms with E-state index in [1.807, 2.05) is 43.3 Å².